The average molecular weight is 323 g/mol. The Hall–Kier alpha value is -1.06. The highest BCUT2D eigenvalue weighted by Gasteiger charge is 2.53. The minimum Gasteiger partial charge on any atom is -0.340 e. The molecule has 1 atom stereocenters. The van der Waals surface area contributed by atoms with Gasteiger partial charge < -0.3 is 10.6 Å². The first-order chi connectivity index (χ1) is 9.83. The molecule has 0 bridgehead atoms. The SMILES string of the molecule is CC(C)(C)c1ccc(C2(C(=O)N3CCC(N)C3)CC2)cc1.Cl. The van der Waals surface area contributed by atoms with Crippen molar-refractivity contribution in [1.82, 2.24) is 4.90 Å². The van der Waals surface area contributed by atoms with Crippen molar-refractivity contribution in [1.29, 1.82) is 0 Å². The van der Waals surface area contributed by atoms with Gasteiger partial charge in [-0.3, -0.25) is 4.79 Å². The van der Waals surface area contributed by atoms with E-state index in [1.165, 1.54) is 11.1 Å². The molecule has 2 fully saturated rings. The van der Waals surface area contributed by atoms with Gasteiger partial charge in [0.15, 0.2) is 0 Å². The van der Waals surface area contributed by atoms with Crippen LogP contribution in [0.1, 0.15) is 51.2 Å². The zero-order valence-corrected chi connectivity index (χ0v) is 14.6. The molecule has 0 spiro atoms. The number of likely N-dealkylation sites (tertiary alicyclic amines) is 1. The number of carbonyl (C=O) groups excluding carboxylic acids is 1. The lowest BCUT2D eigenvalue weighted by atomic mass is 9.84. The van der Waals surface area contributed by atoms with Gasteiger partial charge in [-0.25, -0.2) is 0 Å². The number of carbonyl (C=O) groups is 1. The largest absolute Gasteiger partial charge is 0.340 e. The molecule has 1 saturated heterocycles. The number of hydrogen-bond donors (Lipinski definition) is 1. The van der Waals surface area contributed by atoms with Gasteiger partial charge in [-0.1, -0.05) is 45.0 Å². The third-order valence-electron chi connectivity index (χ3n) is 4.97. The molecule has 1 aromatic rings. The van der Waals surface area contributed by atoms with E-state index in [1.54, 1.807) is 0 Å². The van der Waals surface area contributed by atoms with Crippen LogP contribution in [0.4, 0.5) is 0 Å². The number of hydrogen-bond acceptors (Lipinski definition) is 2. The highest BCUT2D eigenvalue weighted by atomic mass is 35.5. The number of nitrogens with zero attached hydrogens (tertiary/aromatic N) is 1. The predicted molar refractivity (Wildman–Crippen MR) is 92.5 cm³/mol. The summed E-state index contributed by atoms with van der Waals surface area (Å²) in [5.41, 5.74) is 8.34. The molecule has 1 unspecified atom stereocenters. The number of nitrogens with two attached hydrogens (primary N) is 1. The molecular weight excluding hydrogens is 296 g/mol. The van der Waals surface area contributed by atoms with Gasteiger partial charge in [-0.15, -0.1) is 12.4 Å². The monoisotopic (exact) mass is 322 g/mol. The van der Waals surface area contributed by atoms with Crippen molar-refractivity contribution in [3.8, 4) is 0 Å². The van der Waals surface area contributed by atoms with Gasteiger partial charge in [-0.2, -0.15) is 0 Å². The molecule has 1 heterocycles. The fourth-order valence-electron chi connectivity index (χ4n) is 3.31. The molecule has 1 amide bonds. The van der Waals surface area contributed by atoms with Crippen molar-refractivity contribution in [3.05, 3.63) is 35.4 Å². The summed E-state index contributed by atoms with van der Waals surface area (Å²) in [4.78, 5) is 14.8. The Labute approximate surface area is 139 Å². The third-order valence-corrected chi connectivity index (χ3v) is 4.97. The number of rotatable bonds is 2. The van der Waals surface area contributed by atoms with Crippen LogP contribution in [-0.4, -0.2) is 29.9 Å². The summed E-state index contributed by atoms with van der Waals surface area (Å²) in [7, 11) is 0. The van der Waals surface area contributed by atoms with Gasteiger partial charge in [0.25, 0.3) is 0 Å². The summed E-state index contributed by atoms with van der Waals surface area (Å²) in [5, 5.41) is 0. The van der Waals surface area contributed by atoms with Gasteiger partial charge in [0.2, 0.25) is 5.91 Å². The van der Waals surface area contributed by atoms with Crippen LogP contribution in [0.3, 0.4) is 0 Å². The van der Waals surface area contributed by atoms with Crippen molar-refractivity contribution >= 4 is 18.3 Å². The first-order valence-electron chi connectivity index (χ1n) is 7.99. The molecule has 2 N–H and O–H groups in total. The summed E-state index contributed by atoms with van der Waals surface area (Å²) < 4.78 is 0. The van der Waals surface area contributed by atoms with E-state index in [1.807, 2.05) is 4.90 Å². The van der Waals surface area contributed by atoms with E-state index in [0.717, 1.165) is 32.4 Å². The summed E-state index contributed by atoms with van der Waals surface area (Å²) in [6, 6.07) is 8.83. The normalized spacial score (nSPS) is 23.1. The van der Waals surface area contributed by atoms with Crippen molar-refractivity contribution in [2.45, 2.75) is 56.9 Å². The van der Waals surface area contributed by atoms with Gasteiger partial charge in [-0.05, 0) is 35.8 Å². The van der Waals surface area contributed by atoms with E-state index >= 15 is 0 Å². The van der Waals surface area contributed by atoms with Crippen LogP contribution in [-0.2, 0) is 15.6 Å². The second-order valence-corrected chi connectivity index (χ2v) is 7.71. The van der Waals surface area contributed by atoms with Crippen LogP contribution in [0, 0.1) is 0 Å². The molecule has 0 radical (unpaired) electrons. The Morgan fingerprint density at radius 1 is 1.23 bits per heavy atom. The van der Waals surface area contributed by atoms with Gasteiger partial charge in [0, 0.05) is 19.1 Å². The molecule has 1 aromatic carbocycles. The fraction of sp³-hybridized carbons (Fsp3) is 0.611. The Balaban J connectivity index is 0.00000176. The van der Waals surface area contributed by atoms with Gasteiger partial charge >= 0.3 is 0 Å². The lowest BCUT2D eigenvalue weighted by Gasteiger charge is -2.25. The zero-order valence-electron chi connectivity index (χ0n) is 13.8. The molecular formula is C18H27ClN2O. The predicted octanol–water partition coefficient (Wildman–Crippen LogP) is 3.00. The van der Waals surface area contributed by atoms with Crippen molar-refractivity contribution in [3.63, 3.8) is 0 Å². The summed E-state index contributed by atoms with van der Waals surface area (Å²) in [6.07, 6.45) is 2.89. The Bertz CT molecular complexity index is 543. The number of benzene rings is 1. The highest BCUT2D eigenvalue weighted by molar-refractivity contribution is 5.91. The zero-order chi connectivity index (χ0) is 15.3. The van der Waals surface area contributed by atoms with E-state index in [-0.39, 0.29) is 29.3 Å². The minimum atomic E-state index is -0.250. The topological polar surface area (TPSA) is 46.3 Å². The smallest absolute Gasteiger partial charge is 0.233 e. The quantitative estimate of drug-likeness (QED) is 0.909. The van der Waals surface area contributed by atoms with Crippen molar-refractivity contribution in [2.75, 3.05) is 13.1 Å². The standard InChI is InChI=1S/C18H26N2O.ClH/c1-17(2,3)13-4-6-14(7-5-13)18(9-10-18)16(21)20-11-8-15(19)12-20;/h4-7,15H,8-12,19H2,1-3H3;1H. The molecule has 22 heavy (non-hydrogen) atoms. The lowest BCUT2D eigenvalue weighted by molar-refractivity contribution is -0.132. The molecule has 1 saturated carbocycles. The van der Waals surface area contributed by atoms with Crippen LogP contribution in [0.2, 0.25) is 0 Å². The summed E-state index contributed by atoms with van der Waals surface area (Å²) >= 11 is 0. The summed E-state index contributed by atoms with van der Waals surface area (Å²) in [5.74, 6) is 0.291. The van der Waals surface area contributed by atoms with E-state index < -0.39 is 0 Å². The molecule has 122 valence electrons. The first-order valence-corrected chi connectivity index (χ1v) is 7.99. The molecule has 1 aliphatic heterocycles. The van der Waals surface area contributed by atoms with Crippen LogP contribution < -0.4 is 5.73 Å². The fourth-order valence-corrected chi connectivity index (χ4v) is 3.31. The van der Waals surface area contributed by atoms with E-state index in [0.29, 0.717) is 5.91 Å². The maximum Gasteiger partial charge on any atom is 0.233 e. The Kier molecular flexibility index (Phi) is 4.61. The molecule has 1 aliphatic carbocycles. The number of amides is 1. The average Bonchev–Trinajstić information content (AvgIpc) is 3.14. The third kappa shape index (κ3) is 3.02. The maximum atomic E-state index is 12.8. The van der Waals surface area contributed by atoms with E-state index in [4.69, 9.17) is 5.73 Å². The molecule has 2 aliphatic rings. The maximum absolute atomic E-state index is 12.8. The Morgan fingerprint density at radius 2 is 1.82 bits per heavy atom. The molecule has 3 rings (SSSR count). The Morgan fingerprint density at radius 3 is 2.23 bits per heavy atom. The lowest BCUT2D eigenvalue weighted by Crippen LogP contribution is -2.39. The highest BCUT2D eigenvalue weighted by Crippen LogP contribution is 2.50. The van der Waals surface area contributed by atoms with Crippen molar-refractivity contribution in [2.24, 2.45) is 5.73 Å². The van der Waals surface area contributed by atoms with Crippen LogP contribution >= 0.6 is 12.4 Å². The van der Waals surface area contributed by atoms with E-state index in [2.05, 4.69) is 45.0 Å². The van der Waals surface area contributed by atoms with Crippen LogP contribution in [0.25, 0.3) is 0 Å². The molecule has 3 nitrogen and oxygen atoms in total. The summed E-state index contributed by atoms with van der Waals surface area (Å²) in [6.45, 7) is 8.19. The molecule has 4 heteroatoms. The first kappa shape index (κ1) is 17.3. The minimum absolute atomic E-state index is 0. The second-order valence-electron chi connectivity index (χ2n) is 7.71. The van der Waals surface area contributed by atoms with Gasteiger partial charge in [0.1, 0.15) is 0 Å². The van der Waals surface area contributed by atoms with Gasteiger partial charge in [0.05, 0.1) is 5.41 Å². The van der Waals surface area contributed by atoms with E-state index in [9.17, 15) is 4.79 Å². The molecule has 0 aromatic heterocycles. The van der Waals surface area contributed by atoms with Crippen LogP contribution in [0.5, 0.6) is 0 Å². The second kappa shape index (κ2) is 5.86. The van der Waals surface area contributed by atoms with Crippen molar-refractivity contribution < 1.29 is 4.79 Å². The number of halogens is 1. The van der Waals surface area contributed by atoms with Crippen LogP contribution in [0.15, 0.2) is 24.3 Å².